The number of para-hydroxylation sites is 1. The SMILES string of the molecule is ClC1=C(Cl)N(C2=CCOc3ccccc32)CS1. The molecule has 88 valence electrons. The zero-order chi connectivity index (χ0) is 11.8. The van der Waals surface area contributed by atoms with Crippen molar-refractivity contribution in [1.82, 2.24) is 4.90 Å². The van der Waals surface area contributed by atoms with Crippen molar-refractivity contribution in [1.29, 1.82) is 0 Å². The average molecular weight is 286 g/mol. The van der Waals surface area contributed by atoms with E-state index in [1.807, 2.05) is 35.2 Å². The summed E-state index contributed by atoms with van der Waals surface area (Å²) in [6, 6.07) is 7.95. The molecule has 2 nitrogen and oxygen atoms in total. The fraction of sp³-hybridized carbons (Fsp3) is 0.167. The van der Waals surface area contributed by atoms with Crippen molar-refractivity contribution in [2.45, 2.75) is 0 Å². The Morgan fingerprint density at radius 2 is 2.06 bits per heavy atom. The molecule has 0 N–H and O–H groups in total. The summed E-state index contributed by atoms with van der Waals surface area (Å²) in [5.41, 5.74) is 2.13. The number of hydrogen-bond acceptors (Lipinski definition) is 3. The lowest BCUT2D eigenvalue weighted by atomic mass is 10.1. The molecule has 0 aliphatic carbocycles. The molecule has 2 aliphatic rings. The van der Waals surface area contributed by atoms with Crippen molar-refractivity contribution in [3.8, 4) is 5.75 Å². The van der Waals surface area contributed by atoms with Crippen molar-refractivity contribution < 1.29 is 4.74 Å². The van der Waals surface area contributed by atoms with Gasteiger partial charge in [0.1, 0.15) is 21.9 Å². The van der Waals surface area contributed by atoms with Crippen LogP contribution in [0.1, 0.15) is 5.56 Å². The molecule has 17 heavy (non-hydrogen) atoms. The number of halogens is 2. The molecule has 1 aromatic carbocycles. The first-order valence-electron chi connectivity index (χ1n) is 5.15. The standard InChI is InChI=1S/C12H9Cl2NOS/c13-11-12(14)17-7-15(11)9-5-6-16-10-4-2-1-3-8(9)10/h1-5H,6-7H2. The number of rotatable bonds is 1. The van der Waals surface area contributed by atoms with Crippen LogP contribution < -0.4 is 4.74 Å². The molecule has 3 rings (SSSR count). The van der Waals surface area contributed by atoms with Crippen molar-refractivity contribution in [3.05, 3.63) is 45.4 Å². The van der Waals surface area contributed by atoms with Crippen LogP contribution in [0.15, 0.2) is 39.9 Å². The third-order valence-electron chi connectivity index (χ3n) is 2.69. The van der Waals surface area contributed by atoms with E-state index in [0.29, 0.717) is 16.1 Å². The molecule has 2 heterocycles. The molecule has 1 aromatic rings. The number of ether oxygens (including phenoxy) is 1. The van der Waals surface area contributed by atoms with E-state index >= 15 is 0 Å². The third-order valence-corrected chi connectivity index (χ3v) is 4.63. The highest BCUT2D eigenvalue weighted by Crippen LogP contribution is 2.43. The fourth-order valence-electron chi connectivity index (χ4n) is 1.90. The monoisotopic (exact) mass is 285 g/mol. The molecule has 0 atom stereocenters. The molecule has 0 amide bonds. The van der Waals surface area contributed by atoms with Crippen LogP contribution in [-0.2, 0) is 0 Å². The summed E-state index contributed by atoms with van der Waals surface area (Å²) in [6.07, 6.45) is 2.03. The van der Waals surface area contributed by atoms with E-state index in [9.17, 15) is 0 Å². The number of thioether (sulfide) groups is 1. The molecule has 0 unspecified atom stereocenters. The topological polar surface area (TPSA) is 12.5 Å². The zero-order valence-electron chi connectivity index (χ0n) is 8.82. The summed E-state index contributed by atoms with van der Waals surface area (Å²) in [5, 5.41) is 0.597. The highest BCUT2D eigenvalue weighted by molar-refractivity contribution is 8.04. The predicted octanol–water partition coefficient (Wildman–Crippen LogP) is 4.03. The van der Waals surface area contributed by atoms with Gasteiger partial charge in [-0.25, -0.2) is 0 Å². The van der Waals surface area contributed by atoms with Gasteiger partial charge in [-0.05, 0) is 18.2 Å². The van der Waals surface area contributed by atoms with Gasteiger partial charge in [0.25, 0.3) is 0 Å². The minimum Gasteiger partial charge on any atom is -0.489 e. The summed E-state index contributed by atoms with van der Waals surface area (Å²) >= 11 is 13.8. The first-order chi connectivity index (χ1) is 8.27. The Bertz CT molecular complexity index is 527. The Kier molecular flexibility index (Phi) is 2.99. The predicted molar refractivity (Wildman–Crippen MR) is 72.9 cm³/mol. The Morgan fingerprint density at radius 3 is 2.82 bits per heavy atom. The molecule has 2 aliphatic heterocycles. The summed E-state index contributed by atoms with van der Waals surface area (Å²) in [4.78, 5) is 2.01. The molecule has 0 bridgehead atoms. The van der Waals surface area contributed by atoms with Crippen molar-refractivity contribution in [2.75, 3.05) is 12.5 Å². The first-order valence-corrected chi connectivity index (χ1v) is 6.89. The van der Waals surface area contributed by atoms with E-state index in [-0.39, 0.29) is 0 Å². The van der Waals surface area contributed by atoms with Crippen LogP contribution in [0.25, 0.3) is 5.70 Å². The maximum absolute atomic E-state index is 6.20. The van der Waals surface area contributed by atoms with Gasteiger partial charge in [0, 0.05) is 5.56 Å². The van der Waals surface area contributed by atoms with Crippen molar-refractivity contribution >= 4 is 40.7 Å². The van der Waals surface area contributed by atoms with Crippen LogP contribution in [0.2, 0.25) is 0 Å². The van der Waals surface area contributed by atoms with Crippen molar-refractivity contribution in [3.63, 3.8) is 0 Å². The van der Waals surface area contributed by atoms with Gasteiger partial charge in [-0.1, -0.05) is 47.1 Å². The normalized spacial score (nSPS) is 18.9. The molecule has 0 spiro atoms. The Hall–Kier alpha value is -0.770. The van der Waals surface area contributed by atoms with E-state index in [1.165, 1.54) is 11.8 Å². The van der Waals surface area contributed by atoms with Crippen LogP contribution in [0.5, 0.6) is 5.75 Å². The smallest absolute Gasteiger partial charge is 0.135 e. The van der Waals surface area contributed by atoms with E-state index in [0.717, 1.165) is 22.9 Å². The van der Waals surface area contributed by atoms with Crippen LogP contribution >= 0.6 is 35.0 Å². The average Bonchev–Trinajstić information content (AvgIpc) is 2.69. The quantitative estimate of drug-likeness (QED) is 0.723. The number of hydrogen-bond donors (Lipinski definition) is 0. The number of benzene rings is 1. The largest absolute Gasteiger partial charge is 0.489 e. The van der Waals surface area contributed by atoms with Gasteiger partial charge in [0.15, 0.2) is 0 Å². The van der Waals surface area contributed by atoms with E-state index in [4.69, 9.17) is 27.9 Å². The Balaban J connectivity index is 2.03. The molecule has 5 heteroatoms. The van der Waals surface area contributed by atoms with Gasteiger partial charge in [0.05, 0.1) is 11.6 Å². The molecule has 0 saturated heterocycles. The third kappa shape index (κ3) is 1.92. The molecular formula is C12H9Cl2NOS. The fourth-order valence-corrected chi connectivity index (χ4v) is 3.27. The van der Waals surface area contributed by atoms with Gasteiger partial charge >= 0.3 is 0 Å². The number of fused-ring (bicyclic) bond motifs is 1. The van der Waals surface area contributed by atoms with Crippen LogP contribution in [0, 0.1) is 0 Å². The molecule has 0 fully saturated rings. The minimum absolute atomic E-state index is 0.565. The highest BCUT2D eigenvalue weighted by atomic mass is 35.5. The Morgan fingerprint density at radius 1 is 1.24 bits per heavy atom. The van der Waals surface area contributed by atoms with Gasteiger partial charge in [-0.3, -0.25) is 0 Å². The molecule has 0 aromatic heterocycles. The molecular weight excluding hydrogens is 277 g/mol. The summed E-state index contributed by atoms with van der Waals surface area (Å²) in [7, 11) is 0. The highest BCUT2D eigenvalue weighted by Gasteiger charge is 2.27. The van der Waals surface area contributed by atoms with Crippen LogP contribution in [-0.4, -0.2) is 17.4 Å². The van der Waals surface area contributed by atoms with Gasteiger partial charge in [-0.2, -0.15) is 0 Å². The summed E-state index contributed by atoms with van der Waals surface area (Å²) in [5.74, 6) is 1.64. The summed E-state index contributed by atoms with van der Waals surface area (Å²) < 4.78 is 6.22. The Labute approximate surface area is 114 Å². The number of nitrogens with zero attached hydrogens (tertiary/aromatic N) is 1. The van der Waals surface area contributed by atoms with Gasteiger partial charge in [-0.15, -0.1) is 0 Å². The van der Waals surface area contributed by atoms with Crippen LogP contribution in [0.4, 0.5) is 0 Å². The van der Waals surface area contributed by atoms with E-state index in [2.05, 4.69) is 0 Å². The maximum atomic E-state index is 6.20. The van der Waals surface area contributed by atoms with E-state index in [1.54, 1.807) is 0 Å². The van der Waals surface area contributed by atoms with Gasteiger partial charge in [0.2, 0.25) is 0 Å². The lowest BCUT2D eigenvalue weighted by Gasteiger charge is -2.26. The second-order valence-electron chi connectivity index (χ2n) is 3.66. The van der Waals surface area contributed by atoms with Crippen LogP contribution in [0.3, 0.4) is 0 Å². The second kappa shape index (κ2) is 4.48. The molecule has 0 saturated carbocycles. The maximum Gasteiger partial charge on any atom is 0.135 e. The summed E-state index contributed by atoms with van der Waals surface area (Å²) in [6.45, 7) is 0.565. The second-order valence-corrected chi connectivity index (χ2v) is 5.58. The zero-order valence-corrected chi connectivity index (χ0v) is 11.1. The minimum atomic E-state index is 0.565. The molecule has 0 radical (unpaired) electrons. The lowest BCUT2D eigenvalue weighted by Crippen LogP contribution is -2.19. The lowest BCUT2D eigenvalue weighted by molar-refractivity contribution is 0.352. The van der Waals surface area contributed by atoms with Gasteiger partial charge < -0.3 is 9.64 Å². The van der Waals surface area contributed by atoms with Crippen molar-refractivity contribution in [2.24, 2.45) is 0 Å². The van der Waals surface area contributed by atoms with E-state index < -0.39 is 0 Å². The first kappa shape index (κ1) is 11.3.